The first-order valence-electron chi connectivity index (χ1n) is 20.9. The first kappa shape index (κ1) is 21.4. The molecule has 0 unspecified atom stereocenters. The van der Waals surface area contributed by atoms with Gasteiger partial charge in [0.2, 0.25) is 0 Å². The second-order valence-corrected chi connectivity index (χ2v) is 13.0. The molecule has 51 heavy (non-hydrogen) atoms. The highest BCUT2D eigenvalue weighted by Crippen LogP contribution is 2.46. The topological polar surface area (TPSA) is 13.1 Å². The van der Waals surface area contributed by atoms with Gasteiger partial charge in [0.1, 0.15) is 11.2 Å². The van der Waals surface area contributed by atoms with Crippen molar-refractivity contribution in [2.75, 3.05) is 0 Å². The molecule has 236 valence electrons. The minimum atomic E-state index is -0.433. The Labute approximate surface area is 305 Å². The fourth-order valence-electron chi connectivity index (χ4n) is 7.95. The van der Waals surface area contributed by atoms with Crippen LogP contribution in [0.25, 0.3) is 109 Å². The number of furan rings is 1. The minimum Gasteiger partial charge on any atom is -0.456 e. The molecule has 0 radical (unpaired) electrons. The molecule has 0 fully saturated rings. The van der Waals surface area contributed by atoms with Gasteiger partial charge in [-0.1, -0.05) is 145 Å². The quantitative estimate of drug-likeness (QED) is 0.173. The van der Waals surface area contributed by atoms with Crippen molar-refractivity contribution < 1.29 is 15.4 Å². The van der Waals surface area contributed by atoms with Gasteiger partial charge in [0.05, 0.1) is 11.0 Å². The summed E-state index contributed by atoms with van der Waals surface area (Å²) >= 11 is 0. The molecule has 10 aromatic carbocycles. The molecule has 1 aromatic heterocycles. The Balaban J connectivity index is 1.29. The van der Waals surface area contributed by atoms with Crippen molar-refractivity contribution in [3.8, 4) is 33.4 Å². The Morgan fingerprint density at radius 3 is 1.67 bits per heavy atom. The summed E-state index contributed by atoms with van der Waals surface area (Å²) in [4.78, 5) is 0. The van der Waals surface area contributed by atoms with E-state index in [1.807, 2.05) is 103 Å². The standard InChI is InChI=1S/C50H30O/c1-2-13-33-27-36(22-21-31(33)11-1)48-40-17-7-9-19-42(40)49(43-20-10-8-18-41(43)48)37-28-34-14-4-5-15-38(34)45(29-37)35-23-25-44-47(30-35)51-46-26-24-32-12-3-6-16-39(32)50(44)46/h1-30H/i7D,8D,9D,10D,17D,18D,19D,20D. The third kappa shape index (κ3) is 4.28. The van der Waals surface area contributed by atoms with Crippen LogP contribution in [0.15, 0.2) is 186 Å². The molecule has 0 saturated heterocycles. The Morgan fingerprint density at radius 2 is 0.922 bits per heavy atom. The smallest absolute Gasteiger partial charge is 0.136 e. The molecule has 1 heterocycles. The monoisotopic (exact) mass is 654 g/mol. The van der Waals surface area contributed by atoms with Gasteiger partial charge in [0.25, 0.3) is 0 Å². The first-order chi connectivity index (χ1) is 28.6. The molecule has 0 bridgehead atoms. The van der Waals surface area contributed by atoms with Crippen molar-refractivity contribution in [1.29, 1.82) is 0 Å². The molecule has 11 aromatic rings. The molecule has 11 rings (SSSR count). The van der Waals surface area contributed by atoms with E-state index in [9.17, 15) is 5.48 Å². The van der Waals surface area contributed by atoms with E-state index >= 15 is 0 Å². The number of benzene rings is 10. The fraction of sp³-hybridized carbons (Fsp3) is 0. The number of rotatable bonds is 3. The molecule has 0 atom stereocenters. The number of fused-ring (bicyclic) bond motifs is 9. The van der Waals surface area contributed by atoms with Crippen LogP contribution in [0.5, 0.6) is 0 Å². The lowest BCUT2D eigenvalue weighted by atomic mass is 9.84. The van der Waals surface area contributed by atoms with Gasteiger partial charge in [0.15, 0.2) is 0 Å². The molecule has 0 aliphatic heterocycles. The lowest BCUT2D eigenvalue weighted by molar-refractivity contribution is 0.669. The SMILES string of the molecule is [2H]c1c([2H])c([2H])c2c(-c3cc(-c4ccc5c(c4)oc4ccc6ccccc6c45)c4ccccc4c3)c3c([2H])c([2H])c([2H])c([2H])c3c(-c3ccc4ccccc4c3)c2c1[2H]. The van der Waals surface area contributed by atoms with Crippen LogP contribution in [0.4, 0.5) is 0 Å². The van der Waals surface area contributed by atoms with E-state index < -0.39 is 24.2 Å². The third-order valence-corrected chi connectivity index (χ3v) is 10.2. The van der Waals surface area contributed by atoms with Crippen LogP contribution in [0.3, 0.4) is 0 Å². The van der Waals surface area contributed by atoms with Gasteiger partial charge in [-0.3, -0.25) is 0 Å². The lowest BCUT2D eigenvalue weighted by Crippen LogP contribution is -1.92. The van der Waals surface area contributed by atoms with E-state index in [1.54, 1.807) is 0 Å². The Morgan fingerprint density at radius 1 is 0.353 bits per heavy atom. The van der Waals surface area contributed by atoms with Gasteiger partial charge in [-0.05, 0) is 124 Å². The summed E-state index contributed by atoms with van der Waals surface area (Å²) in [5.74, 6) is 0. The summed E-state index contributed by atoms with van der Waals surface area (Å²) in [6, 6.07) is 40.8. The van der Waals surface area contributed by atoms with Crippen LogP contribution in [0, 0.1) is 0 Å². The second-order valence-electron chi connectivity index (χ2n) is 13.0. The summed E-state index contributed by atoms with van der Waals surface area (Å²) in [6.07, 6.45) is 0. The molecule has 0 aliphatic carbocycles. The summed E-state index contributed by atoms with van der Waals surface area (Å²) in [7, 11) is 0. The van der Waals surface area contributed by atoms with Crippen molar-refractivity contribution in [3.05, 3.63) is 182 Å². The average molecular weight is 655 g/mol. The number of hydrogen-bond acceptors (Lipinski definition) is 1. The Bertz CT molecular complexity index is 3580. The zero-order valence-corrected chi connectivity index (χ0v) is 27.1. The zero-order valence-electron chi connectivity index (χ0n) is 35.1. The van der Waals surface area contributed by atoms with Crippen molar-refractivity contribution in [2.24, 2.45) is 0 Å². The molecular weight excluding hydrogens is 617 g/mol. The van der Waals surface area contributed by atoms with Crippen LogP contribution in [-0.4, -0.2) is 0 Å². The number of hydrogen-bond donors (Lipinski definition) is 0. The van der Waals surface area contributed by atoms with E-state index in [0.29, 0.717) is 27.8 Å². The van der Waals surface area contributed by atoms with Gasteiger partial charge >= 0.3 is 0 Å². The van der Waals surface area contributed by atoms with E-state index in [4.69, 9.17) is 9.90 Å². The average Bonchev–Trinajstić information content (AvgIpc) is 3.66. The Hall–Kier alpha value is -6.70. The van der Waals surface area contributed by atoms with Crippen molar-refractivity contribution >= 4 is 75.8 Å². The fourth-order valence-corrected chi connectivity index (χ4v) is 7.95. The van der Waals surface area contributed by atoms with Crippen LogP contribution >= 0.6 is 0 Å². The van der Waals surface area contributed by atoms with Gasteiger partial charge < -0.3 is 4.42 Å². The minimum absolute atomic E-state index is 0.178. The largest absolute Gasteiger partial charge is 0.456 e. The molecular formula is C50H30O. The maximum Gasteiger partial charge on any atom is 0.136 e. The first-order valence-corrected chi connectivity index (χ1v) is 16.9. The van der Waals surface area contributed by atoms with Gasteiger partial charge in [-0.2, -0.15) is 0 Å². The second kappa shape index (κ2) is 10.9. The van der Waals surface area contributed by atoms with Crippen LogP contribution in [0.2, 0.25) is 0 Å². The molecule has 0 aliphatic rings. The predicted molar refractivity (Wildman–Crippen MR) is 218 cm³/mol. The highest BCUT2D eigenvalue weighted by atomic mass is 16.3. The summed E-state index contributed by atoms with van der Waals surface area (Å²) in [5.41, 5.74) is 4.92. The van der Waals surface area contributed by atoms with Crippen molar-refractivity contribution in [1.82, 2.24) is 0 Å². The Kier molecular flexibility index (Phi) is 4.57. The van der Waals surface area contributed by atoms with Crippen LogP contribution < -0.4 is 0 Å². The van der Waals surface area contributed by atoms with Crippen LogP contribution in [-0.2, 0) is 0 Å². The van der Waals surface area contributed by atoms with Crippen molar-refractivity contribution in [2.45, 2.75) is 0 Å². The van der Waals surface area contributed by atoms with Gasteiger partial charge in [-0.15, -0.1) is 0 Å². The van der Waals surface area contributed by atoms with E-state index in [1.165, 1.54) is 0 Å². The van der Waals surface area contributed by atoms with E-state index in [0.717, 1.165) is 59.8 Å². The molecule has 0 spiro atoms. The van der Waals surface area contributed by atoms with Gasteiger partial charge in [-0.25, -0.2) is 0 Å². The van der Waals surface area contributed by atoms with Crippen molar-refractivity contribution in [3.63, 3.8) is 0 Å². The molecule has 1 nitrogen and oxygen atoms in total. The maximum absolute atomic E-state index is 9.49. The van der Waals surface area contributed by atoms with E-state index in [-0.39, 0.29) is 45.7 Å². The summed E-state index contributed by atoms with van der Waals surface area (Å²) in [6.45, 7) is 0. The highest BCUT2D eigenvalue weighted by Gasteiger charge is 2.19. The molecule has 0 amide bonds. The lowest BCUT2D eigenvalue weighted by Gasteiger charge is -2.19. The van der Waals surface area contributed by atoms with E-state index in [2.05, 4.69) is 30.3 Å². The molecule has 1 heteroatoms. The van der Waals surface area contributed by atoms with Crippen LogP contribution in [0.1, 0.15) is 11.0 Å². The molecule has 0 saturated carbocycles. The third-order valence-electron chi connectivity index (χ3n) is 10.2. The zero-order chi connectivity index (χ0) is 40.4. The highest BCUT2D eigenvalue weighted by molar-refractivity contribution is 6.23. The molecule has 0 N–H and O–H groups in total. The summed E-state index contributed by atoms with van der Waals surface area (Å²) in [5, 5.41) is 8.58. The summed E-state index contributed by atoms with van der Waals surface area (Å²) < 4.78 is 79.9. The normalized spacial score (nSPS) is 14.1. The van der Waals surface area contributed by atoms with Gasteiger partial charge in [0, 0.05) is 10.8 Å². The predicted octanol–water partition coefficient (Wildman–Crippen LogP) is 14.4. The maximum atomic E-state index is 9.49.